The van der Waals surface area contributed by atoms with Crippen molar-refractivity contribution < 1.29 is 18.8 Å². The fraction of sp³-hybridized carbons (Fsp3) is 0.545. The second-order valence-electron chi connectivity index (χ2n) is 7.56. The van der Waals surface area contributed by atoms with Gasteiger partial charge in [-0.2, -0.15) is 0 Å². The van der Waals surface area contributed by atoms with Crippen LogP contribution in [0.5, 0.6) is 11.5 Å². The van der Waals surface area contributed by atoms with Crippen molar-refractivity contribution in [2.45, 2.75) is 45.6 Å². The normalized spacial score (nSPS) is 17.2. The van der Waals surface area contributed by atoms with Gasteiger partial charge in [-0.1, -0.05) is 11.6 Å². The van der Waals surface area contributed by atoms with E-state index in [0.29, 0.717) is 46.7 Å². The SMILES string of the molecule is COc1cc(OC)cc(-c2onc(C)c2C(=O)NCCCN2CCCC[C@H]2C)c1. The first-order chi connectivity index (χ1) is 14.0. The molecule has 1 N–H and O–H groups in total. The Hall–Kier alpha value is -2.54. The van der Waals surface area contributed by atoms with E-state index >= 15 is 0 Å². The minimum absolute atomic E-state index is 0.174. The van der Waals surface area contributed by atoms with Gasteiger partial charge in [0.25, 0.3) is 5.91 Å². The number of ether oxygens (including phenoxy) is 2. The van der Waals surface area contributed by atoms with Crippen molar-refractivity contribution in [1.29, 1.82) is 0 Å². The van der Waals surface area contributed by atoms with Crippen molar-refractivity contribution in [1.82, 2.24) is 15.4 Å². The maximum atomic E-state index is 12.9. The Morgan fingerprint density at radius 1 is 1.24 bits per heavy atom. The molecule has 2 aromatic rings. The van der Waals surface area contributed by atoms with Gasteiger partial charge in [-0.15, -0.1) is 0 Å². The van der Waals surface area contributed by atoms with E-state index in [2.05, 4.69) is 22.3 Å². The van der Waals surface area contributed by atoms with Crippen LogP contribution in [0.2, 0.25) is 0 Å². The molecule has 1 atom stereocenters. The highest BCUT2D eigenvalue weighted by Gasteiger charge is 2.23. The Morgan fingerprint density at radius 2 is 1.97 bits per heavy atom. The monoisotopic (exact) mass is 401 g/mol. The fourth-order valence-electron chi connectivity index (χ4n) is 3.83. The quantitative estimate of drug-likeness (QED) is 0.680. The van der Waals surface area contributed by atoms with Crippen molar-refractivity contribution in [2.24, 2.45) is 0 Å². The van der Waals surface area contributed by atoms with Gasteiger partial charge in [-0.25, -0.2) is 0 Å². The van der Waals surface area contributed by atoms with Crippen LogP contribution in [-0.4, -0.2) is 55.9 Å². The van der Waals surface area contributed by atoms with Gasteiger partial charge in [0.05, 0.1) is 19.9 Å². The van der Waals surface area contributed by atoms with E-state index in [-0.39, 0.29) is 5.91 Å². The number of carbonyl (C=O) groups is 1. The van der Waals surface area contributed by atoms with Gasteiger partial charge >= 0.3 is 0 Å². The highest BCUT2D eigenvalue weighted by Crippen LogP contribution is 2.33. The number of piperidine rings is 1. The standard InChI is InChI=1S/C22H31N3O4/c1-15-8-5-6-10-25(15)11-7-9-23-22(26)20-16(2)24-29-21(20)17-12-18(27-3)14-19(13-17)28-4/h12-15H,5-11H2,1-4H3,(H,23,26)/t15-/m1/s1. The van der Waals surface area contributed by atoms with E-state index < -0.39 is 0 Å². The zero-order valence-corrected chi connectivity index (χ0v) is 17.8. The third-order valence-corrected chi connectivity index (χ3v) is 5.55. The topological polar surface area (TPSA) is 76.8 Å². The Labute approximate surface area is 172 Å². The van der Waals surface area contributed by atoms with Gasteiger partial charge in [0, 0.05) is 30.8 Å². The van der Waals surface area contributed by atoms with Gasteiger partial charge in [0.1, 0.15) is 17.1 Å². The van der Waals surface area contributed by atoms with Crippen molar-refractivity contribution in [3.63, 3.8) is 0 Å². The summed E-state index contributed by atoms with van der Waals surface area (Å²) in [5, 5.41) is 7.03. The molecule has 1 amide bonds. The Bertz CT molecular complexity index is 811. The molecule has 7 heteroatoms. The largest absolute Gasteiger partial charge is 0.497 e. The maximum absolute atomic E-state index is 12.9. The molecule has 0 radical (unpaired) electrons. The van der Waals surface area contributed by atoms with Gasteiger partial charge in [-0.05, 0) is 51.8 Å². The molecule has 0 spiro atoms. The van der Waals surface area contributed by atoms with Crippen LogP contribution in [0.25, 0.3) is 11.3 Å². The minimum atomic E-state index is -0.174. The zero-order valence-electron chi connectivity index (χ0n) is 17.8. The predicted octanol–water partition coefficient (Wildman–Crippen LogP) is 3.66. The van der Waals surface area contributed by atoms with Crippen LogP contribution in [-0.2, 0) is 0 Å². The molecule has 0 aliphatic carbocycles. The number of benzene rings is 1. The highest BCUT2D eigenvalue weighted by atomic mass is 16.5. The molecule has 1 fully saturated rings. The summed E-state index contributed by atoms with van der Waals surface area (Å²) >= 11 is 0. The maximum Gasteiger partial charge on any atom is 0.257 e. The first-order valence-corrected chi connectivity index (χ1v) is 10.3. The first-order valence-electron chi connectivity index (χ1n) is 10.3. The number of carbonyl (C=O) groups excluding carboxylic acids is 1. The summed E-state index contributed by atoms with van der Waals surface area (Å²) in [6, 6.07) is 6.01. The van der Waals surface area contributed by atoms with Crippen molar-refractivity contribution in [2.75, 3.05) is 33.9 Å². The average Bonchev–Trinajstić information content (AvgIpc) is 3.13. The molecule has 158 valence electrons. The molecule has 1 saturated heterocycles. The molecule has 7 nitrogen and oxygen atoms in total. The van der Waals surface area contributed by atoms with Crippen LogP contribution in [0.15, 0.2) is 22.7 Å². The van der Waals surface area contributed by atoms with E-state index in [1.165, 1.54) is 19.3 Å². The molecule has 1 aromatic carbocycles. The molecule has 1 aliphatic heterocycles. The van der Waals surface area contributed by atoms with Crippen LogP contribution in [0.3, 0.4) is 0 Å². The molecule has 0 bridgehead atoms. The third kappa shape index (κ3) is 5.09. The third-order valence-electron chi connectivity index (χ3n) is 5.55. The number of rotatable bonds is 8. The lowest BCUT2D eigenvalue weighted by molar-refractivity contribution is 0.0948. The lowest BCUT2D eigenvalue weighted by Crippen LogP contribution is -2.39. The fourth-order valence-corrected chi connectivity index (χ4v) is 3.83. The molecule has 2 heterocycles. The minimum Gasteiger partial charge on any atom is -0.497 e. The van der Waals surface area contributed by atoms with Crippen LogP contribution in [0, 0.1) is 6.92 Å². The summed E-state index contributed by atoms with van der Waals surface area (Å²) in [7, 11) is 3.17. The second kappa shape index (κ2) is 9.78. The molecule has 1 aliphatic rings. The van der Waals surface area contributed by atoms with Gasteiger partial charge in [0.15, 0.2) is 5.76 Å². The first kappa shape index (κ1) is 21.2. The molecular weight excluding hydrogens is 370 g/mol. The van der Waals surface area contributed by atoms with Gasteiger partial charge < -0.3 is 24.2 Å². The van der Waals surface area contributed by atoms with E-state index in [1.54, 1.807) is 39.3 Å². The van der Waals surface area contributed by atoms with Gasteiger partial charge in [0.2, 0.25) is 0 Å². The van der Waals surface area contributed by atoms with Crippen LogP contribution in [0.1, 0.15) is 48.7 Å². The molecule has 0 unspecified atom stereocenters. The van der Waals surface area contributed by atoms with E-state index in [9.17, 15) is 4.79 Å². The van der Waals surface area contributed by atoms with Crippen molar-refractivity contribution in [3.05, 3.63) is 29.5 Å². The average molecular weight is 402 g/mol. The van der Waals surface area contributed by atoms with E-state index in [1.807, 2.05) is 0 Å². The van der Waals surface area contributed by atoms with E-state index in [0.717, 1.165) is 19.5 Å². The van der Waals surface area contributed by atoms with E-state index in [4.69, 9.17) is 14.0 Å². The number of hydrogen-bond donors (Lipinski definition) is 1. The number of aryl methyl sites for hydroxylation is 1. The lowest BCUT2D eigenvalue weighted by Gasteiger charge is -2.33. The zero-order chi connectivity index (χ0) is 20.8. The summed E-state index contributed by atoms with van der Waals surface area (Å²) in [5.74, 6) is 1.49. The molecular formula is C22H31N3O4. The van der Waals surface area contributed by atoms with Gasteiger partial charge in [-0.3, -0.25) is 4.79 Å². The molecule has 3 rings (SSSR count). The number of aromatic nitrogens is 1. The number of likely N-dealkylation sites (tertiary alicyclic amines) is 1. The number of methoxy groups -OCH3 is 2. The number of hydrogen-bond acceptors (Lipinski definition) is 6. The highest BCUT2D eigenvalue weighted by molar-refractivity contribution is 6.00. The second-order valence-corrected chi connectivity index (χ2v) is 7.56. The van der Waals surface area contributed by atoms with Crippen LogP contribution in [0.4, 0.5) is 0 Å². The van der Waals surface area contributed by atoms with Crippen LogP contribution < -0.4 is 14.8 Å². The molecule has 0 saturated carbocycles. The summed E-state index contributed by atoms with van der Waals surface area (Å²) in [4.78, 5) is 15.4. The van der Waals surface area contributed by atoms with Crippen molar-refractivity contribution >= 4 is 5.91 Å². The summed E-state index contributed by atoms with van der Waals surface area (Å²) in [5.41, 5.74) is 1.70. The summed E-state index contributed by atoms with van der Waals surface area (Å²) in [6.07, 6.45) is 4.77. The Balaban J connectivity index is 1.67. The lowest BCUT2D eigenvalue weighted by atomic mass is 10.0. The molecule has 1 aromatic heterocycles. The van der Waals surface area contributed by atoms with Crippen molar-refractivity contribution in [3.8, 4) is 22.8 Å². The number of nitrogens with zero attached hydrogens (tertiary/aromatic N) is 2. The predicted molar refractivity (Wildman–Crippen MR) is 112 cm³/mol. The summed E-state index contributed by atoms with van der Waals surface area (Å²) in [6.45, 7) is 6.83. The number of amides is 1. The van der Waals surface area contributed by atoms with Crippen LogP contribution >= 0.6 is 0 Å². The Morgan fingerprint density at radius 3 is 2.62 bits per heavy atom. The molecule has 29 heavy (non-hydrogen) atoms. The smallest absolute Gasteiger partial charge is 0.257 e. The summed E-state index contributed by atoms with van der Waals surface area (Å²) < 4.78 is 16.1. The Kier molecular flexibility index (Phi) is 7.14. The number of nitrogens with one attached hydrogen (secondary N) is 1.